The summed E-state index contributed by atoms with van der Waals surface area (Å²) in [6.07, 6.45) is 8.53. The van der Waals surface area contributed by atoms with Gasteiger partial charge in [0.05, 0.1) is 0 Å². The van der Waals surface area contributed by atoms with E-state index < -0.39 is 0 Å². The van der Waals surface area contributed by atoms with Crippen LogP contribution in [0.1, 0.15) is 32.6 Å². The molecule has 0 bridgehead atoms. The molecule has 1 aromatic rings. The second-order valence-corrected chi connectivity index (χ2v) is 5.03. The van der Waals surface area contributed by atoms with Gasteiger partial charge in [-0.1, -0.05) is 6.92 Å². The summed E-state index contributed by atoms with van der Waals surface area (Å²) in [5, 5.41) is 3.60. The van der Waals surface area contributed by atoms with Crippen LogP contribution in [-0.4, -0.2) is 17.1 Å². The molecule has 0 spiro atoms. The first-order valence-corrected chi connectivity index (χ1v) is 6.12. The summed E-state index contributed by atoms with van der Waals surface area (Å²) in [7, 11) is 0. The molecule has 1 aromatic heterocycles. The fourth-order valence-electron chi connectivity index (χ4n) is 2.44. The number of nitrogens with two attached hydrogens (primary N) is 1. The Labute approximate surface area is 97.5 Å². The van der Waals surface area contributed by atoms with Crippen molar-refractivity contribution in [1.29, 1.82) is 0 Å². The number of hydrogen-bond acceptors (Lipinski definition) is 3. The van der Waals surface area contributed by atoms with Gasteiger partial charge in [-0.25, -0.2) is 0 Å². The van der Waals surface area contributed by atoms with Crippen molar-refractivity contribution in [3.8, 4) is 0 Å². The smallest absolute Gasteiger partial charge is 0.0495 e. The van der Waals surface area contributed by atoms with Crippen molar-refractivity contribution in [2.75, 3.05) is 11.9 Å². The van der Waals surface area contributed by atoms with Crippen LogP contribution in [-0.2, 0) is 0 Å². The Kier molecular flexibility index (Phi) is 3.44. The molecule has 1 saturated carbocycles. The van der Waals surface area contributed by atoms with Crippen LogP contribution in [0.4, 0.5) is 5.69 Å². The quantitative estimate of drug-likeness (QED) is 0.820. The first kappa shape index (κ1) is 11.4. The molecule has 1 aliphatic carbocycles. The SMILES string of the molecule is CC1CCC(CN)(Nc2ccncc2)CC1. The monoisotopic (exact) mass is 219 g/mol. The van der Waals surface area contributed by atoms with E-state index in [1.54, 1.807) is 0 Å². The minimum atomic E-state index is 0.105. The topological polar surface area (TPSA) is 50.9 Å². The lowest BCUT2D eigenvalue weighted by Gasteiger charge is -2.40. The Bertz CT molecular complexity index is 315. The van der Waals surface area contributed by atoms with E-state index in [1.807, 2.05) is 24.5 Å². The van der Waals surface area contributed by atoms with Crippen LogP contribution in [0.5, 0.6) is 0 Å². The second-order valence-electron chi connectivity index (χ2n) is 5.03. The van der Waals surface area contributed by atoms with E-state index in [9.17, 15) is 0 Å². The Hall–Kier alpha value is -1.09. The second kappa shape index (κ2) is 4.83. The molecule has 0 atom stereocenters. The number of anilines is 1. The molecule has 3 nitrogen and oxygen atoms in total. The molecular weight excluding hydrogens is 198 g/mol. The van der Waals surface area contributed by atoms with Crippen molar-refractivity contribution in [3.05, 3.63) is 24.5 Å². The Morgan fingerprint density at radius 2 is 2.00 bits per heavy atom. The van der Waals surface area contributed by atoms with E-state index in [2.05, 4.69) is 17.2 Å². The van der Waals surface area contributed by atoms with Crippen molar-refractivity contribution in [2.24, 2.45) is 11.7 Å². The fraction of sp³-hybridized carbons (Fsp3) is 0.615. The average Bonchev–Trinajstić information content (AvgIpc) is 2.34. The summed E-state index contributed by atoms with van der Waals surface area (Å²) in [6.45, 7) is 3.04. The lowest BCUT2D eigenvalue weighted by molar-refractivity contribution is 0.272. The van der Waals surface area contributed by atoms with Crippen LogP contribution < -0.4 is 11.1 Å². The average molecular weight is 219 g/mol. The molecule has 0 unspecified atom stereocenters. The summed E-state index contributed by atoms with van der Waals surface area (Å²) < 4.78 is 0. The van der Waals surface area contributed by atoms with E-state index in [0.717, 1.165) is 11.6 Å². The van der Waals surface area contributed by atoms with Crippen LogP contribution >= 0.6 is 0 Å². The molecule has 0 aromatic carbocycles. The third-order valence-corrected chi connectivity index (χ3v) is 3.71. The summed E-state index contributed by atoms with van der Waals surface area (Å²) >= 11 is 0. The van der Waals surface area contributed by atoms with E-state index in [1.165, 1.54) is 25.7 Å². The third kappa shape index (κ3) is 2.53. The molecule has 16 heavy (non-hydrogen) atoms. The number of aromatic nitrogens is 1. The highest BCUT2D eigenvalue weighted by Gasteiger charge is 2.32. The zero-order valence-electron chi connectivity index (χ0n) is 9.95. The maximum atomic E-state index is 5.95. The van der Waals surface area contributed by atoms with Crippen molar-refractivity contribution in [3.63, 3.8) is 0 Å². The number of rotatable bonds is 3. The Balaban J connectivity index is 2.05. The van der Waals surface area contributed by atoms with Gasteiger partial charge in [-0.15, -0.1) is 0 Å². The van der Waals surface area contributed by atoms with Crippen molar-refractivity contribution in [1.82, 2.24) is 4.98 Å². The van der Waals surface area contributed by atoms with E-state index in [-0.39, 0.29) is 5.54 Å². The molecule has 0 saturated heterocycles. The van der Waals surface area contributed by atoms with Gasteiger partial charge in [0.2, 0.25) is 0 Å². The van der Waals surface area contributed by atoms with Gasteiger partial charge in [-0.3, -0.25) is 4.98 Å². The first-order chi connectivity index (χ1) is 7.74. The standard InChI is InChI=1S/C13H21N3/c1-11-2-6-13(10-14,7-3-11)16-12-4-8-15-9-5-12/h4-5,8-9,11H,2-3,6-7,10,14H2,1H3,(H,15,16). The third-order valence-electron chi connectivity index (χ3n) is 3.71. The highest BCUT2D eigenvalue weighted by atomic mass is 15.0. The van der Waals surface area contributed by atoms with Crippen molar-refractivity contribution in [2.45, 2.75) is 38.1 Å². The van der Waals surface area contributed by atoms with Gasteiger partial charge in [-0.2, -0.15) is 0 Å². The highest BCUT2D eigenvalue weighted by Crippen LogP contribution is 2.33. The Morgan fingerprint density at radius 1 is 1.38 bits per heavy atom. The lowest BCUT2D eigenvalue weighted by Crippen LogP contribution is -2.48. The molecule has 0 aliphatic heterocycles. The maximum absolute atomic E-state index is 5.95. The lowest BCUT2D eigenvalue weighted by atomic mass is 9.77. The molecule has 2 rings (SSSR count). The van der Waals surface area contributed by atoms with Gasteiger partial charge >= 0.3 is 0 Å². The van der Waals surface area contributed by atoms with Gasteiger partial charge in [-0.05, 0) is 43.7 Å². The highest BCUT2D eigenvalue weighted by molar-refractivity contribution is 5.44. The summed E-state index contributed by atoms with van der Waals surface area (Å²) in [5.41, 5.74) is 7.19. The minimum absolute atomic E-state index is 0.105. The van der Waals surface area contributed by atoms with Crippen molar-refractivity contribution < 1.29 is 0 Å². The van der Waals surface area contributed by atoms with Gasteiger partial charge in [0.1, 0.15) is 0 Å². The van der Waals surface area contributed by atoms with Crippen LogP contribution in [0, 0.1) is 5.92 Å². The summed E-state index contributed by atoms with van der Waals surface area (Å²) in [6, 6.07) is 4.02. The minimum Gasteiger partial charge on any atom is -0.378 e. The zero-order chi connectivity index (χ0) is 11.4. The number of nitrogens with zero attached hydrogens (tertiary/aromatic N) is 1. The van der Waals surface area contributed by atoms with Crippen LogP contribution in [0.3, 0.4) is 0 Å². The zero-order valence-corrected chi connectivity index (χ0v) is 9.95. The predicted molar refractivity (Wildman–Crippen MR) is 67.3 cm³/mol. The number of pyridine rings is 1. The molecule has 3 heteroatoms. The molecule has 1 heterocycles. The van der Waals surface area contributed by atoms with Gasteiger partial charge in [0, 0.05) is 30.2 Å². The van der Waals surface area contributed by atoms with E-state index in [4.69, 9.17) is 5.73 Å². The van der Waals surface area contributed by atoms with E-state index >= 15 is 0 Å². The van der Waals surface area contributed by atoms with Gasteiger partial charge in [0.15, 0.2) is 0 Å². The van der Waals surface area contributed by atoms with Crippen LogP contribution in [0.2, 0.25) is 0 Å². The Morgan fingerprint density at radius 3 is 2.56 bits per heavy atom. The fourth-order valence-corrected chi connectivity index (χ4v) is 2.44. The molecule has 0 amide bonds. The van der Waals surface area contributed by atoms with Gasteiger partial charge in [0.25, 0.3) is 0 Å². The number of nitrogens with one attached hydrogen (secondary N) is 1. The largest absolute Gasteiger partial charge is 0.378 e. The molecule has 88 valence electrons. The number of hydrogen-bond donors (Lipinski definition) is 2. The molecule has 3 N–H and O–H groups in total. The summed E-state index contributed by atoms with van der Waals surface area (Å²) in [4.78, 5) is 4.03. The molecule has 1 fully saturated rings. The van der Waals surface area contributed by atoms with Crippen LogP contribution in [0.25, 0.3) is 0 Å². The summed E-state index contributed by atoms with van der Waals surface area (Å²) in [5.74, 6) is 0.846. The van der Waals surface area contributed by atoms with Gasteiger partial charge < -0.3 is 11.1 Å². The molecule has 0 radical (unpaired) electrons. The first-order valence-electron chi connectivity index (χ1n) is 6.12. The predicted octanol–water partition coefficient (Wildman–Crippen LogP) is 2.40. The van der Waals surface area contributed by atoms with Crippen LogP contribution in [0.15, 0.2) is 24.5 Å². The maximum Gasteiger partial charge on any atom is 0.0495 e. The molecular formula is C13H21N3. The van der Waals surface area contributed by atoms with Crippen molar-refractivity contribution >= 4 is 5.69 Å². The molecule has 1 aliphatic rings. The normalized spacial score (nSPS) is 30.0. The van der Waals surface area contributed by atoms with E-state index in [0.29, 0.717) is 6.54 Å².